The fourth-order valence-corrected chi connectivity index (χ4v) is 5.47. The minimum absolute atomic E-state index is 0.0528. The van der Waals surface area contributed by atoms with Crippen LogP contribution in [-0.4, -0.2) is 62.4 Å². The third-order valence-corrected chi connectivity index (χ3v) is 7.18. The highest BCUT2D eigenvalue weighted by atomic mass is 79.9. The summed E-state index contributed by atoms with van der Waals surface area (Å²) in [5.74, 6) is 3.12. The quantitative estimate of drug-likeness (QED) is 0.281. The van der Waals surface area contributed by atoms with Crippen molar-refractivity contribution in [2.24, 2.45) is 11.8 Å². The third kappa shape index (κ3) is 7.52. The molecule has 6 nitrogen and oxygen atoms in total. The predicted molar refractivity (Wildman–Crippen MR) is 143 cm³/mol. The SMILES string of the molecule is C#CC1(CC)OC(OC(C)C)[C@@H](OC)[C@H]1C.CCC1(C=C(Br)Br)OC(OC(C)C)[C@@H](OC)[C@H]1C. The minimum atomic E-state index is -0.555. The van der Waals surface area contributed by atoms with Gasteiger partial charge in [0.05, 0.1) is 21.2 Å². The smallest absolute Gasteiger partial charge is 0.186 e. The molecule has 0 aromatic heterocycles. The van der Waals surface area contributed by atoms with E-state index in [2.05, 4.69) is 58.6 Å². The van der Waals surface area contributed by atoms with E-state index in [1.165, 1.54) is 0 Å². The molecular weight excluding hydrogens is 568 g/mol. The molecule has 0 aromatic carbocycles. The molecule has 0 spiro atoms. The molecule has 2 rings (SSSR count). The third-order valence-electron chi connectivity index (χ3n) is 6.72. The van der Waals surface area contributed by atoms with E-state index < -0.39 is 5.60 Å². The van der Waals surface area contributed by atoms with Crippen molar-refractivity contribution >= 4 is 31.9 Å². The number of hydrogen-bond donors (Lipinski definition) is 0. The highest BCUT2D eigenvalue weighted by Gasteiger charge is 2.53. The second-order valence-corrected chi connectivity index (χ2v) is 12.2. The van der Waals surface area contributed by atoms with Gasteiger partial charge in [-0.2, -0.15) is 0 Å². The van der Waals surface area contributed by atoms with Crippen LogP contribution in [-0.2, 0) is 28.4 Å². The number of methoxy groups -OCH3 is 2. The molecule has 2 saturated heterocycles. The van der Waals surface area contributed by atoms with E-state index in [0.717, 1.165) is 16.2 Å². The van der Waals surface area contributed by atoms with Crippen molar-refractivity contribution in [2.45, 2.75) is 116 Å². The predicted octanol–water partition coefficient (Wildman–Crippen LogP) is 6.40. The Morgan fingerprint density at radius 3 is 1.74 bits per heavy atom. The Labute approximate surface area is 224 Å². The molecule has 2 fully saturated rings. The Hall–Kier alpha value is 0.0200. The number of rotatable bonds is 9. The summed E-state index contributed by atoms with van der Waals surface area (Å²) in [6, 6.07) is 0. The van der Waals surface area contributed by atoms with Crippen molar-refractivity contribution in [1.29, 1.82) is 0 Å². The Bertz CT molecular complexity index is 689. The lowest BCUT2D eigenvalue weighted by atomic mass is 9.85. The summed E-state index contributed by atoms with van der Waals surface area (Å²) in [5, 5.41) is 0. The van der Waals surface area contributed by atoms with Gasteiger partial charge in [0, 0.05) is 26.1 Å². The van der Waals surface area contributed by atoms with Gasteiger partial charge in [-0.3, -0.25) is 0 Å². The largest absolute Gasteiger partial charge is 0.376 e. The average molecular weight is 612 g/mol. The van der Waals surface area contributed by atoms with Crippen molar-refractivity contribution in [1.82, 2.24) is 0 Å². The van der Waals surface area contributed by atoms with Gasteiger partial charge in [-0.05, 0) is 78.5 Å². The molecule has 198 valence electrons. The van der Waals surface area contributed by atoms with Crippen molar-refractivity contribution in [3.05, 3.63) is 9.47 Å². The summed E-state index contributed by atoms with van der Waals surface area (Å²) < 4.78 is 35.5. The summed E-state index contributed by atoms with van der Waals surface area (Å²) in [7, 11) is 3.38. The number of ether oxygens (including phenoxy) is 6. The molecule has 34 heavy (non-hydrogen) atoms. The van der Waals surface area contributed by atoms with Crippen LogP contribution in [0.4, 0.5) is 0 Å². The summed E-state index contributed by atoms with van der Waals surface area (Å²) in [4.78, 5) is 0. The number of hydrogen-bond acceptors (Lipinski definition) is 6. The monoisotopic (exact) mass is 610 g/mol. The standard InChI is InChI=1S/C13H22Br2O3.C13H22O3/c1-6-13(7-10(14)15)9(4)11(16-5)12(18-13)17-8(2)3;1-7-13(8-2)10(5)11(14-6)12(16-13)15-9(3)4/h7-9,11-12H,6H2,1-5H3;1,9-12H,8H2,2-6H3/t9-,11+,12?,13?;10-,11+,12?,13?/m11/s1. The molecule has 0 bridgehead atoms. The highest BCUT2D eigenvalue weighted by molar-refractivity contribution is 9.28. The van der Waals surface area contributed by atoms with Crippen LogP contribution in [0.15, 0.2) is 9.47 Å². The van der Waals surface area contributed by atoms with Crippen LogP contribution in [0, 0.1) is 24.2 Å². The van der Waals surface area contributed by atoms with Gasteiger partial charge in [0.15, 0.2) is 12.6 Å². The van der Waals surface area contributed by atoms with Crippen LogP contribution in [0.5, 0.6) is 0 Å². The molecule has 8 atom stereocenters. The fourth-order valence-electron chi connectivity index (χ4n) is 4.69. The van der Waals surface area contributed by atoms with Crippen LogP contribution in [0.2, 0.25) is 0 Å². The Kier molecular flexibility index (Phi) is 13.3. The second-order valence-electron chi connectivity index (χ2n) is 9.45. The van der Waals surface area contributed by atoms with Gasteiger partial charge in [-0.1, -0.05) is 33.6 Å². The highest BCUT2D eigenvalue weighted by Crippen LogP contribution is 2.44. The molecule has 0 N–H and O–H groups in total. The normalized spacial score (nSPS) is 37.4. The second kappa shape index (κ2) is 14.1. The molecular formula is C26H44Br2O6. The van der Waals surface area contributed by atoms with Gasteiger partial charge in [0.25, 0.3) is 0 Å². The van der Waals surface area contributed by atoms with Crippen molar-refractivity contribution in [3.8, 4) is 12.3 Å². The molecule has 2 heterocycles. The van der Waals surface area contributed by atoms with Crippen LogP contribution in [0.3, 0.4) is 0 Å². The maximum Gasteiger partial charge on any atom is 0.186 e. The molecule has 0 saturated carbocycles. The zero-order valence-corrected chi connectivity index (χ0v) is 25.6. The van der Waals surface area contributed by atoms with Crippen LogP contribution < -0.4 is 0 Å². The molecule has 4 unspecified atom stereocenters. The lowest BCUT2D eigenvalue weighted by molar-refractivity contribution is -0.200. The first-order chi connectivity index (χ1) is 15.9. The topological polar surface area (TPSA) is 55.4 Å². The Morgan fingerprint density at radius 2 is 1.38 bits per heavy atom. The first kappa shape index (κ1) is 32.0. The van der Waals surface area contributed by atoms with Crippen molar-refractivity contribution < 1.29 is 28.4 Å². The van der Waals surface area contributed by atoms with Gasteiger partial charge in [-0.25, -0.2) is 0 Å². The van der Waals surface area contributed by atoms with Crippen LogP contribution in [0.1, 0.15) is 68.2 Å². The molecule has 8 heteroatoms. The Balaban J connectivity index is 0.000000342. The van der Waals surface area contributed by atoms with E-state index >= 15 is 0 Å². The summed E-state index contributed by atoms with van der Waals surface area (Å²) >= 11 is 6.83. The van der Waals surface area contributed by atoms with E-state index in [9.17, 15) is 0 Å². The fraction of sp³-hybridized carbons (Fsp3) is 0.846. The van der Waals surface area contributed by atoms with Gasteiger partial charge in [0.2, 0.25) is 0 Å². The number of terminal acetylenes is 1. The van der Waals surface area contributed by atoms with E-state index in [-0.39, 0.29) is 54.4 Å². The van der Waals surface area contributed by atoms with E-state index in [0.29, 0.717) is 0 Å². The lowest BCUT2D eigenvalue weighted by Crippen LogP contribution is -2.35. The zero-order chi connectivity index (χ0) is 26.3. The molecule has 0 amide bonds. The molecule has 2 aliphatic rings. The number of halogens is 2. The van der Waals surface area contributed by atoms with E-state index in [1.807, 2.05) is 40.7 Å². The van der Waals surface area contributed by atoms with E-state index in [1.54, 1.807) is 14.2 Å². The molecule has 0 aromatic rings. The first-order valence-electron chi connectivity index (χ1n) is 12.1. The van der Waals surface area contributed by atoms with Crippen molar-refractivity contribution in [3.63, 3.8) is 0 Å². The maximum atomic E-state index is 6.15. The van der Waals surface area contributed by atoms with Gasteiger partial charge in [-0.15, -0.1) is 6.42 Å². The summed E-state index contributed by atoms with van der Waals surface area (Å²) in [6.45, 7) is 16.3. The summed E-state index contributed by atoms with van der Waals surface area (Å²) in [5.41, 5.74) is -0.914. The van der Waals surface area contributed by atoms with Crippen LogP contribution in [0.25, 0.3) is 0 Å². The van der Waals surface area contributed by atoms with Crippen molar-refractivity contribution in [2.75, 3.05) is 14.2 Å². The zero-order valence-electron chi connectivity index (χ0n) is 22.4. The van der Waals surface area contributed by atoms with Gasteiger partial charge < -0.3 is 28.4 Å². The minimum Gasteiger partial charge on any atom is -0.376 e. The lowest BCUT2D eigenvalue weighted by Gasteiger charge is -2.28. The average Bonchev–Trinajstić information content (AvgIpc) is 3.17. The summed E-state index contributed by atoms with van der Waals surface area (Å²) in [6.07, 6.45) is 8.65. The van der Waals surface area contributed by atoms with Crippen LogP contribution >= 0.6 is 31.9 Å². The first-order valence-corrected chi connectivity index (χ1v) is 13.7. The molecule has 0 aliphatic carbocycles. The Morgan fingerprint density at radius 1 is 0.912 bits per heavy atom. The molecule has 0 radical (unpaired) electrons. The van der Waals surface area contributed by atoms with Gasteiger partial charge >= 0.3 is 0 Å². The van der Waals surface area contributed by atoms with Gasteiger partial charge in [0.1, 0.15) is 17.8 Å². The maximum absolute atomic E-state index is 6.15. The van der Waals surface area contributed by atoms with E-state index in [4.69, 9.17) is 34.8 Å². The molecule has 2 aliphatic heterocycles.